The molecule has 0 saturated carbocycles. The van der Waals surface area contributed by atoms with Crippen molar-refractivity contribution >= 4 is 43.5 Å². The molecule has 2 rings (SSSR count). The number of alkyl halides is 1. The summed E-state index contributed by atoms with van der Waals surface area (Å²) in [6.45, 7) is 5.53. The molecule has 144 valence electrons. The summed E-state index contributed by atoms with van der Waals surface area (Å²) in [5.41, 5.74) is 1.68. The van der Waals surface area contributed by atoms with Crippen LogP contribution in [0.4, 0.5) is 0 Å². The van der Waals surface area contributed by atoms with Crippen LogP contribution >= 0.6 is 31.8 Å². The third-order valence-electron chi connectivity index (χ3n) is 5.25. The fourth-order valence-electron chi connectivity index (χ4n) is 3.48. The molecular formula is C21H31INO2P. The summed E-state index contributed by atoms with van der Waals surface area (Å²) in [6, 6.07) is 9.86. The van der Waals surface area contributed by atoms with Gasteiger partial charge in [-0.15, -0.1) is 9.24 Å². The molecule has 0 fully saturated rings. The van der Waals surface area contributed by atoms with Crippen molar-refractivity contribution in [3.8, 4) is 0 Å². The molecule has 0 amide bonds. The molecule has 0 N–H and O–H groups in total. The number of halogens is 1. The van der Waals surface area contributed by atoms with E-state index in [1.807, 2.05) is 30.3 Å². The SMILES string of the molecule is CC(CCI)C1CCCC(C)(P)CCN=C1C(=O)OCc1ccccc1. The Morgan fingerprint density at radius 2 is 2.12 bits per heavy atom. The highest BCUT2D eigenvalue weighted by Crippen LogP contribution is 2.33. The lowest BCUT2D eigenvalue weighted by Gasteiger charge is -2.25. The van der Waals surface area contributed by atoms with E-state index in [9.17, 15) is 4.79 Å². The van der Waals surface area contributed by atoms with Gasteiger partial charge in [-0.1, -0.05) is 73.2 Å². The van der Waals surface area contributed by atoms with Crippen LogP contribution in [-0.2, 0) is 16.1 Å². The van der Waals surface area contributed by atoms with Gasteiger partial charge in [0.25, 0.3) is 0 Å². The number of esters is 1. The summed E-state index contributed by atoms with van der Waals surface area (Å²) in [4.78, 5) is 17.6. The molecule has 4 unspecified atom stereocenters. The van der Waals surface area contributed by atoms with Crippen LogP contribution in [0, 0.1) is 11.8 Å². The molecule has 0 spiro atoms. The minimum absolute atomic E-state index is 0.201. The predicted octanol–water partition coefficient (Wildman–Crippen LogP) is 5.46. The number of carbonyl (C=O) groups excluding carboxylic acids is 1. The van der Waals surface area contributed by atoms with Crippen molar-refractivity contribution in [3.05, 3.63) is 35.9 Å². The highest BCUT2D eigenvalue weighted by molar-refractivity contribution is 14.1. The molecule has 1 aromatic rings. The van der Waals surface area contributed by atoms with E-state index >= 15 is 0 Å². The van der Waals surface area contributed by atoms with Crippen molar-refractivity contribution in [1.29, 1.82) is 0 Å². The van der Waals surface area contributed by atoms with Gasteiger partial charge in [-0.2, -0.15) is 0 Å². The molecule has 3 nitrogen and oxygen atoms in total. The number of hydrogen-bond donors (Lipinski definition) is 0. The second-order valence-electron chi connectivity index (χ2n) is 7.69. The zero-order chi connectivity index (χ0) is 19.0. The number of rotatable bonds is 6. The summed E-state index contributed by atoms with van der Waals surface area (Å²) in [6.07, 6.45) is 5.39. The quantitative estimate of drug-likeness (QED) is 0.232. The number of ether oxygens (including phenoxy) is 1. The number of benzene rings is 1. The Morgan fingerprint density at radius 1 is 1.38 bits per heavy atom. The minimum Gasteiger partial charge on any atom is -0.456 e. The maximum absolute atomic E-state index is 12.9. The number of hydrogen-bond acceptors (Lipinski definition) is 3. The van der Waals surface area contributed by atoms with Crippen LogP contribution in [-0.4, -0.2) is 27.8 Å². The first-order valence-corrected chi connectivity index (χ1v) is 11.6. The fraction of sp³-hybridized carbons (Fsp3) is 0.619. The second-order valence-corrected chi connectivity index (χ2v) is 10.2. The zero-order valence-corrected chi connectivity index (χ0v) is 19.2. The number of carbonyl (C=O) groups is 1. The summed E-state index contributed by atoms with van der Waals surface area (Å²) in [5, 5.41) is 0.212. The van der Waals surface area contributed by atoms with Gasteiger partial charge in [-0.3, -0.25) is 4.99 Å². The van der Waals surface area contributed by atoms with Crippen LogP contribution in [0.15, 0.2) is 35.3 Å². The van der Waals surface area contributed by atoms with Gasteiger partial charge in [0.05, 0.1) is 0 Å². The average molecular weight is 487 g/mol. The smallest absolute Gasteiger partial charge is 0.352 e. The molecule has 0 aromatic heterocycles. The van der Waals surface area contributed by atoms with E-state index in [1.54, 1.807) is 0 Å². The predicted molar refractivity (Wildman–Crippen MR) is 121 cm³/mol. The summed E-state index contributed by atoms with van der Waals surface area (Å²) in [5.74, 6) is 0.419. The van der Waals surface area contributed by atoms with Crippen LogP contribution in [0.25, 0.3) is 0 Å². The molecular weight excluding hydrogens is 456 g/mol. The Kier molecular flexibility index (Phi) is 9.02. The highest BCUT2D eigenvalue weighted by atomic mass is 127. The van der Waals surface area contributed by atoms with E-state index in [-0.39, 0.29) is 17.0 Å². The zero-order valence-electron chi connectivity index (χ0n) is 15.9. The highest BCUT2D eigenvalue weighted by Gasteiger charge is 2.31. The normalized spacial score (nSPS) is 25.4. The van der Waals surface area contributed by atoms with Crippen LogP contribution in [0.3, 0.4) is 0 Å². The lowest BCUT2D eigenvalue weighted by atomic mass is 9.83. The number of aliphatic imine (C=N–C) groups is 1. The maximum Gasteiger partial charge on any atom is 0.352 e. The molecule has 0 saturated heterocycles. The number of nitrogens with zero attached hydrogens (tertiary/aromatic N) is 1. The van der Waals surface area contributed by atoms with Crippen LogP contribution in [0.5, 0.6) is 0 Å². The van der Waals surface area contributed by atoms with Crippen molar-refractivity contribution in [2.75, 3.05) is 11.0 Å². The van der Waals surface area contributed by atoms with Crippen LogP contribution in [0.1, 0.15) is 51.5 Å². The third-order valence-corrected chi connectivity index (χ3v) is 6.45. The van der Waals surface area contributed by atoms with Crippen molar-refractivity contribution in [1.82, 2.24) is 0 Å². The molecule has 0 aliphatic carbocycles. The Bertz CT molecular complexity index is 603. The van der Waals surface area contributed by atoms with E-state index < -0.39 is 0 Å². The minimum atomic E-state index is -0.230. The molecule has 1 heterocycles. The molecule has 4 atom stereocenters. The van der Waals surface area contributed by atoms with Crippen molar-refractivity contribution in [2.24, 2.45) is 16.8 Å². The monoisotopic (exact) mass is 487 g/mol. The molecule has 0 bridgehead atoms. The van der Waals surface area contributed by atoms with Crippen molar-refractivity contribution in [3.63, 3.8) is 0 Å². The molecule has 1 aliphatic heterocycles. The van der Waals surface area contributed by atoms with E-state index in [0.717, 1.165) is 42.1 Å². The van der Waals surface area contributed by atoms with E-state index in [1.165, 1.54) is 0 Å². The van der Waals surface area contributed by atoms with E-state index in [2.05, 4.69) is 45.7 Å². The molecule has 5 heteroatoms. The van der Waals surface area contributed by atoms with Crippen LogP contribution in [0.2, 0.25) is 0 Å². The van der Waals surface area contributed by atoms with Crippen molar-refractivity contribution < 1.29 is 9.53 Å². The van der Waals surface area contributed by atoms with Gasteiger partial charge in [-0.05, 0) is 46.7 Å². The summed E-state index contributed by atoms with van der Waals surface area (Å²) < 4.78 is 6.74. The molecule has 1 aliphatic rings. The standard InChI is InChI=1S/C21H31INO2P/c1-16(10-13-22)18-9-6-11-21(2,26)12-14-23-19(18)20(24)25-15-17-7-4-3-5-8-17/h3-5,7-8,16,18H,6,9-15,26H2,1-2H3. The topological polar surface area (TPSA) is 38.7 Å². The van der Waals surface area contributed by atoms with Crippen molar-refractivity contribution in [2.45, 2.75) is 57.7 Å². The molecule has 0 radical (unpaired) electrons. The first kappa shape index (κ1) is 21.8. The lowest BCUT2D eigenvalue weighted by Crippen LogP contribution is -2.31. The largest absolute Gasteiger partial charge is 0.456 e. The van der Waals surface area contributed by atoms with E-state index in [0.29, 0.717) is 24.8 Å². The summed E-state index contributed by atoms with van der Waals surface area (Å²) in [7, 11) is 2.99. The first-order chi connectivity index (χ1) is 12.4. The summed E-state index contributed by atoms with van der Waals surface area (Å²) >= 11 is 2.42. The molecule has 1 aromatic carbocycles. The fourth-order valence-corrected chi connectivity index (χ4v) is 4.79. The van der Waals surface area contributed by atoms with Gasteiger partial charge in [0.2, 0.25) is 0 Å². The van der Waals surface area contributed by atoms with E-state index in [4.69, 9.17) is 9.73 Å². The van der Waals surface area contributed by atoms with Gasteiger partial charge >= 0.3 is 5.97 Å². The van der Waals surface area contributed by atoms with Gasteiger partial charge in [-0.25, -0.2) is 4.79 Å². The van der Waals surface area contributed by atoms with Crippen LogP contribution < -0.4 is 0 Å². The molecule has 26 heavy (non-hydrogen) atoms. The Labute approximate surface area is 174 Å². The lowest BCUT2D eigenvalue weighted by molar-refractivity contribution is -0.137. The Balaban J connectivity index is 2.14. The maximum atomic E-state index is 12.9. The average Bonchev–Trinajstić information content (AvgIpc) is 2.69. The van der Waals surface area contributed by atoms with Gasteiger partial charge in [0.1, 0.15) is 12.3 Å². The van der Waals surface area contributed by atoms with Gasteiger partial charge in [0.15, 0.2) is 0 Å². The Morgan fingerprint density at radius 3 is 2.81 bits per heavy atom. The first-order valence-electron chi connectivity index (χ1n) is 9.53. The Hall–Kier alpha value is -0.480. The third kappa shape index (κ3) is 6.92. The van der Waals surface area contributed by atoms with Gasteiger partial charge < -0.3 is 4.74 Å². The van der Waals surface area contributed by atoms with Gasteiger partial charge in [0, 0.05) is 12.5 Å². The second kappa shape index (κ2) is 10.8.